The minimum Gasteiger partial charge on any atom is -0.453 e. The number of alkyl carbamates (subject to hydrolysis) is 2. The van der Waals surface area contributed by atoms with Crippen LogP contribution in [0.2, 0.25) is 0 Å². The normalized spacial score (nSPS) is 16.4. The molecule has 6 rings (SSSR count). The summed E-state index contributed by atoms with van der Waals surface area (Å²) in [6.07, 6.45) is -11.6. The smallest absolute Gasteiger partial charge is 0.407 e. The number of aromatic nitrogens is 3. The second-order valence-electron chi connectivity index (χ2n) is 20.4. The Hall–Kier alpha value is -7.22. The Balaban J connectivity index is 1.31. The summed E-state index contributed by atoms with van der Waals surface area (Å²) < 4.78 is 161. The molecule has 81 heavy (non-hydrogen) atoms. The molecule has 0 spiro atoms. The van der Waals surface area contributed by atoms with Crippen LogP contribution in [0.3, 0.4) is 0 Å². The number of carbonyl (C=O) groups excluding carboxylic acids is 4. The molecule has 4 amide bonds. The van der Waals surface area contributed by atoms with E-state index in [9.17, 15) is 59.4 Å². The number of hydrogen-bond donors (Lipinski definition) is 5. The number of ether oxygens (including phenoxy) is 3. The van der Waals surface area contributed by atoms with E-state index in [0.717, 1.165) is 84.5 Å². The van der Waals surface area contributed by atoms with Crippen LogP contribution in [0.15, 0.2) is 67.0 Å². The second kappa shape index (κ2) is 26.6. The number of aliphatic hydroxyl groups excluding tert-OH is 1. The van der Waals surface area contributed by atoms with E-state index in [1.165, 1.54) is 24.3 Å². The highest BCUT2D eigenvalue weighted by molar-refractivity contribution is 5.87. The Morgan fingerprint density at radius 1 is 0.778 bits per heavy atom. The van der Waals surface area contributed by atoms with Crippen molar-refractivity contribution in [1.29, 1.82) is 0 Å². The van der Waals surface area contributed by atoms with Crippen molar-refractivity contribution in [3.8, 4) is 23.1 Å². The highest BCUT2D eigenvalue weighted by Gasteiger charge is 2.57. The topological polar surface area (TPSA) is 205 Å². The number of piperazine rings is 1. The van der Waals surface area contributed by atoms with Crippen LogP contribution >= 0.6 is 0 Å². The predicted molar refractivity (Wildman–Crippen MR) is 272 cm³/mol. The molecule has 0 radical (unpaired) electrons. The molecule has 2 fully saturated rings. The lowest BCUT2D eigenvalue weighted by molar-refractivity contribution is -0.221. The van der Waals surface area contributed by atoms with Crippen molar-refractivity contribution < 1.29 is 82.4 Å². The summed E-state index contributed by atoms with van der Waals surface area (Å²) in [6, 6.07) is 5.78. The van der Waals surface area contributed by atoms with Crippen LogP contribution in [-0.4, -0.2) is 157 Å². The summed E-state index contributed by atoms with van der Waals surface area (Å²) >= 11 is 0. The van der Waals surface area contributed by atoms with Crippen molar-refractivity contribution in [3.05, 3.63) is 101 Å². The van der Waals surface area contributed by atoms with Gasteiger partial charge in [0, 0.05) is 93.2 Å². The number of hydrogen-bond acceptors (Lipinski definition) is 13. The quantitative estimate of drug-likeness (QED) is 0.0370. The molecule has 0 aliphatic carbocycles. The van der Waals surface area contributed by atoms with E-state index in [1.54, 1.807) is 11.5 Å². The Morgan fingerprint density at radius 3 is 1.83 bits per heavy atom. The van der Waals surface area contributed by atoms with Gasteiger partial charge in [0.25, 0.3) is 5.91 Å². The van der Waals surface area contributed by atoms with Crippen molar-refractivity contribution in [2.24, 2.45) is 10.8 Å². The largest absolute Gasteiger partial charge is 0.453 e. The van der Waals surface area contributed by atoms with Gasteiger partial charge in [-0.25, -0.2) is 33.0 Å². The number of aliphatic hydroxyl groups is 1. The average Bonchev–Trinajstić information content (AvgIpc) is 3.94. The standard InChI is InChI=1S/C53H62F10N10O8/c1-50(2,52(58,59)60)43(66-48(77)79-5)45(75)65-40(25-32-10-7-31(8-11-32)9-12-33-13-14-42(64-28-33)71-21-19-70(20-22-71)35-16-23-81-24-17-35)41(74)30-72(69-46(76)44(67-49(78)80-6)51(3,4)53(61,62)63)29-36-37(54)26-34(27-38(36)55)39-15-18-73(68-39)47(56)57/h7-8,10-11,13-15,18,26-28,35,40-41,43-44,47,74H,16-17,19-25,29-30H2,1-6H3,(H,65,75)(H,66,77)(H,67,78)(H,69,76)/t40-,41-,43?,44+/m0/s1. The third-order valence-electron chi connectivity index (χ3n) is 14.2. The van der Waals surface area contributed by atoms with E-state index in [4.69, 9.17) is 4.74 Å². The highest BCUT2D eigenvalue weighted by Crippen LogP contribution is 2.42. The van der Waals surface area contributed by atoms with Gasteiger partial charge in [-0.15, -0.1) is 0 Å². The molecule has 4 heterocycles. The van der Waals surface area contributed by atoms with Crippen LogP contribution in [0.25, 0.3) is 11.3 Å². The predicted octanol–water partition coefficient (Wildman–Crippen LogP) is 6.87. The summed E-state index contributed by atoms with van der Waals surface area (Å²) in [7, 11) is 1.60. The number of carbonyl (C=O) groups is 4. The Kier molecular flexibility index (Phi) is 20.7. The molecule has 18 nitrogen and oxygen atoms in total. The van der Waals surface area contributed by atoms with Gasteiger partial charge in [0.2, 0.25) is 5.91 Å². The SMILES string of the molecule is COC(=O)NC(C(=O)N[C@@H](Cc1ccc(C#Cc2ccc(N3CCN(C4CCOCC4)CC3)nc2)cc1)[C@@H](O)CN(Cc1c(F)cc(-c2ccn(C(F)F)n2)cc1F)NC(=O)[C@@H](NC(=O)OC)C(C)(C)C(F)(F)F)C(C)(C)C(F)(F)F. The molecule has 4 aromatic rings. The molecule has 2 aliphatic rings. The monoisotopic (exact) mass is 1160 g/mol. The van der Waals surface area contributed by atoms with Gasteiger partial charge in [0.15, 0.2) is 0 Å². The summed E-state index contributed by atoms with van der Waals surface area (Å²) in [5.74, 6) is 0.733. The number of rotatable bonds is 19. The highest BCUT2D eigenvalue weighted by atomic mass is 19.4. The Bertz CT molecular complexity index is 2840. The van der Waals surface area contributed by atoms with Crippen molar-refractivity contribution in [3.63, 3.8) is 0 Å². The first-order chi connectivity index (χ1) is 38.0. The lowest BCUT2D eigenvalue weighted by atomic mass is 9.82. The van der Waals surface area contributed by atoms with Gasteiger partial charge in [0.05, 0.1) is 42.9 Å². The maximum Gasteiger partial charge on any atom is 0.407 e. The number of nitrogens with one attached hydrogen (secondary N) is 4. The van der Waals surface area contributed by atoms with E-state index in [0.29, 0.717) is 62.0 Å². The molecular weight excluding hydrogens is 1090 g/mol. The first-order valence-corrected chi connectivity index (χ1v) is 25.3. The molecule has 2 aliphatic heterocycles. The summed E-state index contributed by atoms with van der Waals surface area (Å²) in [5.41, 5.74) is -4.43. The fraction of sp³-hybridized carbons (Fsp3) is 0.509. The van der Waals surface area contributed by atoms with Crippen LogP contribution in [0.1, 0.15) is 69.3 Å². The van der Waals surface area contributed by atoms with E-state index >= 15 is 8.78 Å². The van der Waals surface area contributed by atoms with Gasteiger partial charge in [-0.05, 0) is 95.0 Å². The van der Waals surface area contributed by atoms with Crippen LogP contribution in [0.5, 0.6) is 0 Å². The molecule has 5 N–H and O–H groups in total. The lowest BCUT2D eigenvalue weighted by Crippen LogP contribution is -2.63. The van der Waals surface area contributed by atoms with E-state index in [-0.39, 0.29) is 21.5 Å². The third-order valence-corrected chi connectivity index (χ3v) is 14.2. The first kappa shape index (κ1) is 63.0. The van der Waals surface area contributed by atoms with Crippen molar-refractivity contribution in [1.82, 2.24) is 46.0 Å². The summed E-state index contributed by atoms with van der Waals surface area (Å²) in [4.78, 5) is 62.1. The molecule has 1 unspecified atom stereocenters. The van der Waals surface area contributed by atoms with E-state index in [1.807, 2.05) is 22.9 Å². The molecular formula is C53H62F10N10O8. The number of nitrogens with zero attached hydrogens (tertiary/aromatic N) is 6. The van der Waals surface area contributed by atoms with Crippen LogP contribution in [0, 0.1) is 34.3 Å². The van der Waals surface area contributed by atoms with Crippen LogP contribution < -0.4 is 26.3 Å². The molecule has 2 aromatic carbocycles. The van der Waals surface area contributed by atoms with Gasteiger partial charge in [-0.2, -0.15) is 40.2 Å². The number of methoxy groups -OCH3 is 2. The Labute approximate surface area is 459 Å². The first-order valence-electron chi connectivity index (χ1n) is 25.3. The molecule has 0 saturated carbocycles. The van der Waals surface area contributed by atoms with Crippen molar-refractivity contribution in [2.45, 2.75) is 103 Å². The fourth-order valence-corrected chi connectivity index (χ4v) is 8.93. The molecule has 442 valence electrons. The average molecular weight is 1160 g/mol. The summed E-state index contributed by atoms with van der Waals surface area (Å²) in [6.45, 7) is 1.77. The second-order valence-corrected chi connectivity index (χ2v) is 20.4. The molecule has 4 atom stereocenters. The summed E-state index contributed by atoms with van der Waals surface area (Å²) in [5, 5.41) is 22.1. The molecule has 0 bridgehead atoms. The lowest BCUT2D eigenvalue weighted by Gasteiger charge is -2.41. The number of halogens is 10. The molecule has 2 aromatic heterocycles. The Morgan fingerprint density at radius 2 is 1.32 bits per heavy atom. The van der Waals surface area contributed by atoms with E-state index in [2.05, 4.69) is 46.5 Å². The van der Waals surface area contributed by atoms with Crippen LogP contribution in [-0.2, 0) is 36.8 Å². The number of alkyl halides is 8. The van der Waals surface area contributed by atoms with Gasteiger partial charge < -0.3 is 40.2 Å². The van der Waals surface area contributed by atoms with Gasteiger partial charge in [-0.1, -0.05) is 24.0 Å². The zero-order valence-corrected chi connectivity index (χ0v) is 44.9. The maximum atomic E-state index is 16.0. The number of amides is 4. The zero-order chi connectivity index (χ0) is 59.6. The van der Waals surface area contributed by atoms with Crippen molar-refractivity contribution >= 4 is 29.8 Å². The number of anilines is 1. The minimum absolute atomic E-state index is 0.198. The van der Waals surface area contributed by atoms with Gasteiger partial charge in [-0.3, -0.25) is 19.9 Å². The van der Waals surface area contributed by atoms with E-state index < -0.39 is 115 Å². The fourth-order valence-electron chi connectivity index (χ4n) is 8.93. The molecule has 2 saturated heterocycles. The van der Waals surface area contributed by atoms with Crippen LogP contribution in [0.4, 0.5) is 59.3 Å². The third kappa shape index (κ3) is 16.0. The maximum absolute atomic E-state index is 16.0. The zero-order valence-electron chi connectivity index (χ0n) is 44.9. The molecule has 28 heteroatoms. The number of hydrazine groups is 1. The van der Waals surface area contributed by atoms with Gasteiger partial charge in [0.1, 0.15) is 29.5 Å². The number of pyridine rings is 1. The number of benzene rings is 2. The van der Waals surface area contributed by atoms with Gasteiger partial charge >= 0.3 is 31.1 Å². The minimum atomic E-state index is -5.23. The van der Waals surface area contributed by atoms with Crippen molar-refractivity contribution in [2.75, 3.05) is 65.1 Å².